The quantitative estimate of drug-likeness (QED) is 0.542. The van der Waals surface area contributed by atoms with E-state index in [1.54, 1.807) is 7.11 Å². The molecule has 1 unspecified atom stereocenters. The van der Waals surface area contributed by atoms with E-state index < -0.39 is 0 Å². The molecule has 0 rings (SSSR count). The lowest BCUT2D eigenvalue weighted by Crippen LogP contribution is -2.04. The van der Waals surface area contributed by atoms with Crippen molar-refractivity contribution in [3.05, 3.63) is 0 Å². The van der Waals surface area contributed by atoms with Gasteiger partial charge in [-0.05, 0) is 12.3 Å². The molecule has 0 aliphatic heterocycles. The highest BCUT2D eigenvalue weighted by molar-refractivity contribution is 4.47. The van der Waals surface area contributed by atoms with Crippen LogP contribution >= 0.6 is 0 Å². The van der Waals surface area contributed by atoms with Gasteiger partial charge in [-0.2, -0.15) is 0 Å². The minimum atomic E-state index is 0.0184. The molecular formula is C6H13O2. The molecule has 0 aromatic heterocycles. The van der Waals surface area contributed by atoms with E-state index in [1.807, 2.05) is 6.92 Å². The van der Waals surface area contributed by atoms with Crippen LogP contribution in [0.3, 0.4) is 0 Å². The fourth-order valence-corrected chi connectivity index (χ4v) is 0.569. The Balaban J connectivity index is 2.92. The second-order valence-electron chi connectivity index (χ2n) is 2.05. The van der Waals surface area contributed by atoms with Crippen molar-refractivity contribution < 1.29 is 9.84 Å². The van der Waals surface area contributed by atoms with E-state index in [-0.39, 0.29) is 6.61 Å². The molecule has 49 valence electrons. The number of hydrogen-bond acceptors (Lipinski definition) is 1. The first-order chi connectivity index (χ1) is 3.81. The van der Waals surface area contributed by atoms with Crippen molar-refractivity contribution in [1.82, 2.24) is 0 Å². The maximum Gasteiger partial charge on any atom is 0.0825 e. The molecule has 0 fully saturated rings. The van der Waals surface area contributed by atoms with Crippen LogP contribution in [-0.4, -0.2) is 20.3 Å². The predicted octanol–water partition coefficient (Wildman–Crippen LogP) is 1.09. The Kier molecular flexibility index (Phi) is 5.01. The van der Waals surface area contributed by atoms with Gasteiger partial charge in [0, 0.05) is 13.7 Å². The van der Waals surface area contributed by atoms with Crippen LogP contribution in [0, 0.1) is 5.92 Å². The third-order valence-electron chi connectivity index (χ3n) is 1.06. The largest absolute Gasteiger partial charge is 0.384 e. The molecular weight excluding hydrogens is 104 g/mol. The molecule has 8 heavy (non-hydrogen) atoms. The lowest BCUT2D eigenvalue weighted by Gasteiger charge is -2.04. The topological polar surface area (TPSA) is 29.1 Å². The standard InChI is InChI=1S/C6H13O2/c1-6(3-4-7)5-8-2/h6H,3-5H2,1-2H3. The summed E-state index contributed by atoms with van der Waals surface area (Å²) in [5.41, 5.74) is 0. The van der Waals surface area contributed by atoms with Gasteiger partial charge in [-0.1, -0.05) is 6.92 Å². The molecule has 0 aromatic rings. The van der Waals surface area contributed by atoms with Crippen LogP contribution in [0.1, 0.15) is 13.3 Å². The van der Waals surface area contributed by atoms with E-state index >= 15 is 0 Å². The highest BCUT2D eigenvalue weighted by Crippen LogP contribution is 1.99. The summed E-state index contributed by atoms with van der Waals surface area (Å²) in [7, 11) is 1.65. The number of hydrogen-bond donors (Lipinski definition) is 0. The summed E-state index contributed by atoms with van der Waals surface area (Å²) in [6.45, 7) is 2.74. The van der Waals surface area contributed by atoms with Gasteiger partial charge >= 0.3 is 0 Å². The molecule has 0 heterocycles. The van der Waals surface area contributed by atoms with E-state index in [4.69, 9.17) is 4.74 Å². The van der Waals surface area contributed by atoms with Crippen LogP contribution in [0.5, 0.6) is 0 Å². The van der Waals surface area contributed by atoms with Gasteiger partial charge < -0.3 is 4.74 Å². The molecule has 2 heteroatoms. The minimum absolute atomic E-state index is 0.0184. The SMILES string of the molecule is COCC(C)CC[O]. The van der Waals surface area contributed by atoms with Gasteiger partial charge in [-0.15, -0.1) is 0 Å². The second kappa shape index (κ2) is 5.06. The Bertz CT molecular complexity index is 39.8. The first kappa shape index (κ1) is 7.92. The number of rotatable bonds is 4. The Morgan fingerprint density at radius 1 is 1.62 bits per heavy atom. The highest BCUT2D eigenvalue weighted by atomic mass is 16.5. The van der Waals surface area contributed by atoms with Gasteiger partial charge in [0.05, 0.1) is 6.61 Å². The number of methoxy groups -OCH3 is 1. The maximum atomic E-state index is 9.96. The summed E-state index contributed by atoms with van der Waals surface area (Å²) in [6, 6.07) is 0. The molecule has 1 atom stereocenters. The minimum Gasteiger partial charge on any atom is -0.384 e. The first-order valence-electron chi connectivity index (χ1n) is 2.88. The van der Waals surface area contributed by atoms with Crippen LogP contribution in [-0.2, 0) is 9.84 Å². The van der Waals surface area contributed by atoms with Crippen molar-refractivity contribution in [2.75, 3.05) is 20.3 Å². The third kappa shape index (κ3) is 4.09. The maximum absolute atomic E-state index is 9.96. The fourth-order valence-electron chi connectivity index (χ4n) is 0.569. The van der Waals surface area contributed by atoms with Crippen LogP contribution in [0.15, 0.2) is 0 Å². The van der Waals surface area contributed by atoms with Crippen LogP contribution in [0.4, 0.5) is 0 Å². The summed E-state index contributed by atoms with van der Waals surface area (Å²) in [4.78, 5) is 0. The van der Waals surface area contributed by atoms with Gasteiger partial charge in [0.25, 0.3) is 0 Å². The van der Waals surface area contributed by atoms with Gasteiger partial charge in [0.1, 0.15) is 0 Å². The Morgan fingerprint density at radius 2 is 2.25 bits per heavy atom. The van der Waals surface area contributed by atoms with E-state index in [2.05, 4.69) is 0 Å². The zero-order valence-electron chi connectivity index (χ0n) is 5.52. The van der Waals surface area contributed by atoms with Crippen molar-refractivity contribution in [3.8, 4) is 0 Å². The molecule has 0 saturated carbocycles. The average Bonchev–Trinajstić information content (AvgIpc) is 1.68. The predicted molar refractivity (Wildman–Crippen MR) is 31.2 cm³/mol. The Morgan fingerprint density at radius 3 is 2.62 bits per heavy atom. The summed E-state index contributed by atoms with van der Waals surface area (Å²) >= 11 is 0. The smallest absolute Gasteiger partial charge is 0.0825 e. The van der Waals surface area contributed by atoms with Crippen molar-refractivity contribution in [3.63, 3.8) is 0 Å². The summed E-state index contributed by atoms with van der Waals surface area (Å²) in [6.07, 6.45) is 0.730. The average molecular weight is 117 g/mol. The van der Waals surface area contributed by atoms with Crippen LogP contribution in [0.2, 0.25) is 0 Å². The molecule has 2 nitrogen and oxygen atoms in total. The van der Waals surface area contributed by atoms with E-state index in [1.165, 1.54) is 0 Å². The molecule has 1 radical (unpaired) electrons. The van der Waals surface area contributed by atoms with Gasteiger partial charge in [0.15, 0.2) is 0 Å². The molecule has 0 aromatic carbocycles. The molecule has 0 bridgehead atoms. The third-order valence-corrected chi connectivity index (χ3v) is 1.06. The summed E-state index contributed by atoms with van der Waals surface area (Å²) < 4.78 is 4.82. The molecule has 0 aliphatic carbocycles. The molecule has 0 spiro atoms. The molecule has 0 amide bonds. The normalized spacial score (nSPS) is 13.9. The number of ether oxygens (including phenoxy) is 1. The lowest BCUT2D eigenvalue weighted by molar-refractivity contribution is 0.120. The monoisotopic (exact) mass is 117 g/mol. The molecule has 0 N–H and O–H groups in total. The van der Waals surface area contributed by atoms with Crippen molar-refractivity contribution in [2.45, 2.75) is 13.3 Å². The van der Waals surface area contributed by atoms with Crippen molar-refractivity contribution in [2.24, 2.45) is 5.92 Å². The highest BCUT2D eigenvalue weighted by Gasteiger charge is 1.97. The summed E-state index contributed by atoms with van der Waals surface area (Å²) in [5.74, 6) is 0.428. The summed E-state index contributed by atoms with van der Waals surface area (Å²) in [5, 5.41) is 9.96. The van der Waals surface area contributed by atoms with Gasteiger partial charge in [0.2, 0.25) is 0 Å². The van der Waals surface area contributed by atoms with E-state index in [9.17, 15) is 5.11 Å². The lowest BCUT2D eigenvalue weighted by atomic mass is 10.1. The van der Waals surface area contributed by atoms with E-state index in [0.717, 1.165) is 6.42 Å². The molecule has 0 saturated heterocycles. The van der Waals surface area contributed by atoms with Gasteiger partial charge in [-0.3, -0.25) is 0 Å². The Labute approximate surface area is 50.5 Å². The van der Waals surface area contributed by atoms with Crippen molar-refractivity contribution in [1.29, 1.82) is 0 Å². The van der Waals surface area contributed by atoms with Gasteiger partial charge in [-0.25, -0.2) is 5.11 Å². The zero-order chi connectivity index (χ0) is 6.41. The Hall–Kier alpha value is -0.0800. The van der Waals surface area contributed by atoms with Crippen LogP contribution < -0.4 is 0 Å². The molecule has 0 aliphatic rings. The fraction of sp³-hybridized carbons (Fsp3) is 1.00. The van der Waals surface area contributed by atoms with E-state index in [0.29, 0.717) is 12.5 Å². The second-order valence-corrected chi connectivity index (χ2v) is 2.05. The van der Waals surface area contributed by atoms with Crippen molar-refractivity contribution >= 4 is 0 Å². The van der Waals surface area contributed by atoms with Crippen LogP contribution in [0.25, 0.3) is 0 Å². The first-order valence-corrected chi connectivity index (χ1v) is 2.88. The zero-order valence-corrected chi connectivity index (χ0v) is 5.52.